The van der Waals surface area contributed by atoms with Crippen LogP contribution in [0.15, 0.2) is 25.3 Å². The van der Waals surface area contributed by atoms with Crippen LogP contribution in [0, 0.1) is 35.5 Å². The molecular weight excluding hydrogens is 581 g/mol. The van der Waals surface area contributed by atoms with E-state index < -0.39 is 16.6 Å². The molecule has 4 fully saturated rings. The molecule has 262 valence electrons. The molecule has 4 rings (SSSR count). The molecule has 8 unspecified atom stereocenters. The van der Waals surface area contributed by atoms with E-state index in [4.69, 9.17) is 8.85 Å². The quantitative estimate of drug-likeness (QED) is 0.129. The highest BCUT2D eigenvalue weighted by molar-refractivity contribution is 6.77. The number of hydrogen-bond acceptors (Lipinski definition) is 2. The summed E-state index contributed by atoms with van der Waals surface area (Å²) in [5, 5.41) is 0. The first-order valence-corrected chi connectivity index (χ1v) is 24.5. The van der Waals surface area contributed by atoms with Gasteiger partial charge in [0, 0.05) is 12.2 Å². The Morgan fingerprint density at radius 1 is 0.578 bits per heavy atom. The molecule has 45 heavy (non-hydrogen) atoms. The maximum absolute atomic E-state index is 7.62. The lowest BCUT2D eigenvalue weighted by molar-refractivity contribution is 0.0802. The van der Waals surface area contributed by atoms with Gasteiger partial charge < -0.3 is 8.85 Å². The molecule has 0 N–H and O–H groups in total. The molecule has 4 saturated carbocycles. The summed E-state index contributed by atoms with van der Waals surface area (Å²) in [4.78, 5) is 0. The topological polar surface area (TPSA) is 18.5 Å². The SMILES string of the molecule is C=CC[Si](OC1CC2CCCCC2C1CCC1C(O[Si](CC=C)(C(C)C)C(C)C)CC2CCCCC21)(C(C)C)C(C)C.CCC. The molecule has 0 radical (unpaired) electrons. The minimum atomic E-state index is -1.94. The molecule has 0 amide bonds. The number of rotatable bonds is 15. The standard InChI is InChI=1S/C38H70O2Si2.C3H8/c1-11-23-41(27(3)4,28(5)6)39-37-25-31-17-13-15-19-33(31)35(37)21-22-36-34-20-16-14-18-32(34)26-38(36)40-42(24-12-2,29(7)8)30(9)10;1-3-2/h11-12,27-38H,1-2,13-26H2,3-10H3;3H2,1-2H3. The molecule has 0 aromatic rings. The van der Waals surface area contributed by atoms with E-state index >= 15 is 0 Å². The first-order chi connectivity index (χ1) is 21.4. The van der Waals surface area contributed by atoms with Crippen LogP contribution in [0.3, 0.4) is 0 Å². The Morgan fingerprint density at radius 2 is 0.889 bits per heavy atom. The highest BCUT2D eigenvalue weighted by Crippen LogP contribution is 2.55. The van der Waals surface area contributed by atoms with Gasteiger partial charge in [0.25, 0.3) is 0 Å². The van der Waals surface area contributed by atoms with Crippen molar-refractivity contribution in [1.82, 2.24) is 0 Å². The van der Waals surface area contributed by atoms with E-state index in [-0.39, 0.29) is 0 Å². The van der Waals surface area contributed by atoms with Crippen LogP contribution in [-0.4, -0.2) is 28.8 Å². The van der Waals surface area contributed by atoms with Crippen LogP contribution in [-0.2, 0) is 8.85 Å². The van der Waals surface area contributed by atoms with Crippen molar-refractivity contribution in [2.75, 3.05) is 0 Å². The molecule has 0 aromatic heterocycles. The summed E-state index contributed by atoms with van der Waals surface area (Å²) in [7, 11) is -3.87. The first-order valence-electron chi connectivity index (χ1n) is 20.0. The summed E-state index contributed by atoms with van der Waals surface area (Å²) in [6, 6.07) is 2.20. The lowest BCUT2D eigenvalue weighted by atomic mass is 9.73. The van der Waals surface area contributed by atoms with Crippen LogP contribution in [0.2, 0.25) is 34.3 Å². The van der Waals surface area contributed by atoms with E-state index in [1.165, 1.54) is 83.5 Å². The molecule has 0 saturated heterocycles. The van der Waals surface area contributed by atoms with Crippen molar-refractivity contribution in [1.29, 1.82) is 0 Å². The second-order valence-corrected chi connectivity index (χ2v) is 27.1. The smallest absolute Gasteiger partial charge is 0.201 e. The largest absolute Gasteiger partial charge is 0.413 e. The van der Waals surface area contributed by atoms with E-state index in [9.17, 15) is 0 Å². The summed E-state index contributed by atoms with van der Waals surface area (Å²) in [5.74, 6) is 5.08. The minimum Gasteiger partial charge on any atom is -0.413 e. The Bertz CT molecular complexity index is 795. The van der Waals surface area contributed by atoms with Gasteiger partial charge in [-0.25, -0.2) is 0 Å². The first kappa shape index (κ1) is 39.3. The van der Waals surface area contributed by atoms with Gasteiger partial charge in [-0.1, -0.05) is 126 Å². The van der Waals surface area contributed by atoms with E-state index in [0.717, 1.165) is 47.6 Å². The summed E-state index contributed by atoms with van der Waals surface area (Å²) in [6.45, 7) is 32.2. The average Bonchev–Trinajstić information content (AvgIpc) is 3.51. The number of hydrogen-bond donors (Lipinski definition) is 0. The van der Waals surface area contributed by atoms with Crippen LogP contribution in [0.25, 0.3) is 0 Å². The molecule has 2 nitrogen and oxygen atoms in total. The van der Waals surface area contributed by atoms with Crippen LogP contribution < -0.4 is 0 Å². The Hall–Kier alpha value is -0.166. The fourth-order valence-corrected chi connectivity index (χ4v) is 19.5. The van der Waals surface area contributed by atoms with Crippen LogP contribution >= 0.6 is 0 Å². The number of fused-ring (bicyclic) bond motifs is 2. The summed E-state index contributed by atoms with van der Waals surface area (Å²) < 4.78 is 15.2. The van der Waals surface area contributed by atoms with Gasteiger partial charge in [0.1, 0.15) is 0 Å². The molecular formula is C41H78O2Si2. The van der Waals surface area contributed by atoms with E-state index in [1.54, 1.807) is 0 Å². The summed E-state index contributed by atoms with van der Waals surface area (Å²) in [6.07, 6.45) is 23.5. The predicted molar refractivity (Wildman–Crippen MR) is 204 cm³/mol. The van der Waals surface area contributed by atoms with Crippen molar-refractivity contribution in [2.24, 2.45) is 35.5 Å². The van der Waals surface area contributed by atoms with Crippen molar-refractivity contribution >= 4 is 16.6 Å². The van der Waals surface area contributed by atoms with Crippen LogP contribution in [0.5, 0.6) is 0 Å². The molecule has 0 heterocycles. The van der Waals surface area contributed by atoms with Crippen molar-refractivity contribution in [3.8, 4) is 0 Å². The third kappa shape index (κ3) is 8.90. The van der Waals surface area contributed by atoms with Crippen LogP contribution in [0.1, 0.15) is 153 Å². The molecule has 8 atom stereocenters. The lowest BCUT2D eigenvalue weighted by Crippen LogP contribution is -2.48. The minimum absolute atomic E-state index is 0.470. The fourth-order valence-electron chi connectivity index (χ4n) is 11.1. The van der Waals surface area contributed by atoms with Crippen molar-refractivity contribution < 1.29 is 8.85 Å². The second kappa shape index (κ2) is 18.0. The third-order valence-corrected chi connectivity index (χ3v) is 24.6. The second-order valence-electron chi connectivity index (χ2n) is 17.3. The zero-order chi connectivity index (χ0) is 33.4. The van der Waals surface area contributed by atoms with E-state index in [0.29, 0.717) is 34.4 Å². The molecule has 4 heteroatoms. The molecule has 0 aromatic carbocycles. The maximum atomic E-state index is 7.62. The van der Waals surface area contributed by atoms with E-state index in [1.807, 2.05) is 0 Å². The summed E-state index contributed by atoms with van der Waals surface area (Å²) in [5.41, 5.74) is 2.52. The monoisotopic (exact) mass is 659 g/mol. The Morgan fingerprint density at radius 3 is 1.18 bits per heavy atom. The molecule has 0 aliphatic heterocycles. The Labute approximate surface area is 284 Å². The average molecular weight is 659 g/mol. The molecule has 0 spiro atoms. The predicted octanol–water partition coefficient (Wildman–Crippen LogP) is 13.5. The van der Waals surface area contributed by atoms with Crippen molar-refractivity contribution in [3.63, 3.8) is 0 Å². The van der Waals surface area contributed by atoms with Gasteiger partial charge >= 0.3 is 0 Å². The summed E-state index contributed by atoms with van der Waals surface area (Å²) >= 11 is 0. The molecule has 0 bridgehead atoms. The van der Waals surface area contributed by atoms with Gasteiger partial charge in [-0.3, -0.25) is 0 Å². The lowest BCUT2D eigenvalue weighted by Gasteiger charge is -2.43. The normalized spacial score (nSPS) is 32.0. The van der Waals surface area contributed by atoms with Gasteiger partial charge in [-0.2, -0.15) is 0 Å². The molecule has 4 aliphatic carbocycles. The van der Waals surface area contributed by atoms with Crippen molar-refractivity contribution in [3.05, 3.63) is 25.3 Å². The fraction of sp³-hybridized carbons (Fsp3) is 0.902. The molecule has 4 aliphatic rings. The Kier molecular flexibility index (Phi) is 15.7. The van der Waals surface area contributed by atoms with Crippen LogP contribution in [0.4, 0.5) is 0 Å². The van der Waals surface area contributed by atoms with Gasteiger partial charge in [0.2, 0.25) is 16.6 Å². The van der Waals surface area contributed by atoms with Gasteiger partial charge in [-0.15, -0.1) is 13.2 Å². The third-order valence-electron chi connectivity index (χ3n) is 13.5. The highest BCUT2D eigenvalue weighted by atomic mass is 28.4. The van der Waals surface area contributed by atoms with Gasteiger partial charge in [0.05, 0.1) is 0 Å². The highest BCUT2D eigenvalue weighted by Gasteiger charge is 2.53. The maximum Gasteiger partial charge on any atom is 0.201 e. The zero-order valence-electron chi connectivity index (χ0n) is 31.9. The van der Waals surface area contributed by atoms with Gasteiger partial charge in [-0.05, 0) is 108 Å². The van der Waals surface area contributed by atoms with E-state index in [2.05, 4.69) is 94.5 Å². The Balaban J connectivity index is 0.00000177. The zero-order valence-corrected chi connectivity index (χ0v) is 33.9. The van der Waals surface area contributed by atoms with Crippen molar-refractivity contribution in [2.45, 2.75) is 199 Å². The van der Waals surface area contributed by atoms with Gasteiger partial charge in [0.15, 0.2) is 0 Å². The number of allylic oxidation sites excluding steroid dienone is 2.